The molecule has 3 rings (SSSR count). The quantitative estimate of drug-likeness (QED) is 0.873. The van der Waals surface area contributed by atoms with Gasteiger partial charge in [-0.25, -0.2) is 0 Å². The Labute approximate surface area is 137 Å². The molecular formula is C18H26N2O3. The summed E-state index contributed by atoms with van der Waals surface area (Å²) in [7, 11) is 0. The molecule has 1 aromatic rings. The molecule has 1 fully saturated rings. The van der Waals surface area contributed by atoms with Crippen molar-refractivity contribution in [3.05, 3.63) is 28.8 Å². The van der Waals surface area contributed by atoms with Crippen LogP contribution in [0.25, 0.3) is 0 Å². The number of carbonyl (C=O) groups is 1. The molecule has 2 atom stereocenters. The summed E-state index contributed by atoms with van der Waals surface area (Å²) in [6, 6.07) is 3.95. The van der Waals surface area contributed by atoms with Crippen molar-refractivity contribution < 1.29 is 14.6 Å². The van der Waals surface area contributed by atoms with Crippen LogP contribution in [0.3, 0.4) is 0 Å². The molecule has 0 bridgehead atoms. The number of piperidine rings is 1. The Bertz CT molecular complexity index is 594. The molecule has 2 aliphatic rings. The third-order valence-corrected chi connectivity index (χ3v) is 5.34. The first-order chi connectivity index (χ1) is 11.0. The molecule has 0 saturated carbocycles. The number of aromatic hydroxyl groups is 1. The fourth-order valence-corrected chi connectivity index (χ4v) is 3.87. The minimum Gasteiger partial charge on any atom is -0.507 e. The first-order valence-corrected chi connectivity index (χ1v) is 8.43. The van der Waals surface area contributed by atoms with Crippen molar-refractivity contribution in [2.24, 2.45) is 11.7 Å². The van der Waals surface area contributed by atoms with Gasteiger partial charge in [-0.05, 0) is 36.8 Å². The van der Waals surface area contributed by atoms with Crippen molar-refractivity contribution in [1.29, 1.82) is 0 Å². The van der Waals surface area contributed by atoms with E-state index in [2.05, 4.69) is 0 Å². The number of carbonyl (C=O) groups excluding carboxylic acids is 1. The molecule has 0 unspecified atom stereocenters. The Hall–Kier alpha value is -1.59. The summed E-state index contributed by atoms with van der Waals surface area (Å²) < 4.78 is 6.25. The molecule has 1 saturated heterocycles. The Kier molecular flexibility index (Phi) is 4.60. The number of phenols is 1. The van der Waals surface area contributed by atoms with Crippen molar-refractivity contribution in [2.45, 2.75) is 45.3 Å². The van der Waals surface area contributed by atoms with Crippen LogP contribution in [0, 0.1) is 12.8 Å². The van der Waals surface area contributed by atoms with Gasteiger partial charge in [0.15, 0.2) is 0 Å². The van der Waals surface area contributed by atoms with E-state index in [1.165, 1.54) is 0 Å². The van der Waals surface area contributed by atoms with Gasteiger partial charge in [-0.1, -0.05) is 12.1 Å². The highest BCUT2D eigenvalue weighted by molar-refractivity contribution is 5.73. The summed E-state index contributed by atoms with van der Waals surface area (Å²) in [4.78, 5) is 13.4. The molecule has 1 aromatic carbocycles. The largest absolute Gasteiger partial charge is 0.507 e. The van der Waals surface area contributed by atoms with E-state index in [-0.39, 0.29) is 18.1 Å². The minimum absolute atomic E-state index is 0.0675. The molecule has 23 heavy (non-hydrogen) atoms. The van der Waals surface area contributed by atoms with Crippen LogP contribution in [0.5, 0.6) is 5.75 Å². The molecule has 0 aromatic heterocycles. The molecule has 126 valence electrons. The van der Waals surface area contributed by atoms with Gasteiger partial charge in [-0.2, -0.15) is 0 Å². The van der Waals surface area contributed by atoms with Crippen molar-refractivity contribution in [3.63, 3.8) is 0 Å². The molecule has 2 aliphatic heterocycles. The predicted octanol–water partition coefficient (Wildman–Crippen LogP) is 1.90. The third-order valence-electron chi connectivity index (χ3n) is 5.34. The molecule has 1 amide bonds. The normalized spacial score (nSPS) is 25.3. The highest BCUT2D eigenvalue weighted by atomic mass is 16.5. The summed E-state index contributed by atoms with van der Waals surface area (Å²) in [6.07, 6.45) is 2.54. The Balaban J connectivity index is 1.78. The Morgan fingerprint density at radius 1 is 1.39 bits per heavy atom. The molecule has 2 heterocycles. The van der Waals surface area contributed by atoms with Crippen LogP contribution >= 0.6 is 0 Å². The zero-order valence-electron chi connectivity index (χ0n) is 13.9. The second kappa shape index (κ2) is 6.49. The van der Waals surface area contributed by atoms with Crippen LogP contribution in [-0.4, -0.2) is 41.7 Å². The average Bonchev–Trinajstić information content (AvgIpc) is 2.57. The fraction of sp³-hybridized carbons (Fsp3) is 0.611. The number of hydrogen-bond acceptors (Lipinski definition) is 4. The summed E-state index contributed by atoms with van der Waals surface area (Å²) in [5.74, 6) is 0.939. The topological polar surface area (TPSA) is 75.8 Å². The predicted molar refractivity (Wildman–Crippen MR) is 88.2 cm³/mol. The van der Waals surface area contributed by atoms with Gasteiger partial charge in [0.1, 0.15) is 5.75 Å². The maximum atomic E-state index is 11.5. The molecule has 3 N–H and O–H groups in total. The SMILES string of the molecule is CC(=O)N1CCC([C@@H]2Cc3c(ccc(C)c3O)[C@H](CN)O2)CC1. The van der Waals surface area contributed by atoms with Crippen LogP contribution in [0.2, 0.25) is 0 Å². The van der Waals surface area contributed by atoms with Crippen LogP contribution < -0.4 is 5.73 Å². The van der Waals surface area contributed by atoms with E-state index >= 15 is 0 Å². The molecule has 0 spiro atoms. The van der Waals surface area contributed by atoms with Crippen LogP contribution in [0.4, 0.5) is 0 Å². The van der Waals surface area contributed by atoms with Crippen LogP contribution in [-0.2, 0) is 16.0 Å². The summed E-state index contributed by atoms with van der Waals surface area (Å²) in [6.45, 7) is 5.54. The molecule has 5 heteroatoms. The molecule has 0 aliphatic carbocycles. The number of nitrogens with two attached hydrogens (primary N) is 1. The van der Waals surface area contributed by atoms with Gasteiger partial charge in [0.05, 0.1) is 12.2 Å². The second-order valence-corrected chi connectivity index (χ2v) is 6.75. The molecular weight excluding hydrogens is 292 g/mol. The van der Waals surface area contributed by atoms with E-state index in [0.29, 0.717) is 18.2 Å². The second-order valence-electron chi connectivity index (χ2n) is 6.75. The number of ether oxygens (including phenoxy) is 1. The van der Waals surface area contributed by atoms with Crippen molar-refractivity contribution in [2.75, 3.05) is 19.6 Å². The van der Waals surface area contributed by atoms with Gasteiger partial charge in [0.25, 0.3) is 0 Å². The Morgan fingerprint density at radius 3 is 2.70 bits per heavy atom. The number of hydrogen-bond donors (Lipinski definition) is 2. The number of amides is 1. The number of likely N-dealkylation sites (tertiary alicyclic amines) is 1. The lowest BCUT2D eigenvalue weighted by atomic mass is 9.83. The number of fused-ring (bicyclic) bond motifs is 1. The lowest BCUT2D eigenvalue weighted by Crippen LogP contribution is -2.43. The van der Waals surface area contributed by atoms with Gasteiger partial charge in [-0.3, -0.25) is 4.79 Å². The first-order valence-electron chi connectivity index (χ1n) is 8.43. The fourth-order valence-electron chi connectivity index (χ4n) is 3.87. The smallest absolute Gasteiger partial charge is 0.219 e. The number of nitrogens with zero attached hydrogens (tertiary/aromatic N) is 1. The monoisotopic (exact) mass is 318 g/mol. The van der Waals surface area contributed by atoms with Gasteiger partial charge >= 0.3 is 0 Å². The summed E-state index contributed by atoms with van der Waals surface area (Å²) >= 11 is 0. The van der Waals surface area contributed by atoms with Crippen LogP contribution in [0.15, 0.2) is 12.1 Å². The van der Waals surface area contributed by atoms with Crippen molar-refractivity contribution in [3.8, 4) is 5.75 Å². The van der Waals surface area contributed by atoms with Gasteiger partial charge in [-0.15, -0.1) is 0 Å². The summed E-state index contributed by atoms with van der Waals surface area (Å²) in [5, 5.41) is 10.4. The zero-order chi connectivity index (χ0) is 16.6. The zero-order valence-corrected chi connectivity index (χ0v) is 13.9. The third kappa shape index (κ3) is 3.08. The molecule has 5 nitrogen and oxygen atoms in total. The van der Waals surface area contributed by atoms with Gasteiger partial charge < -0.3 is 20.5 Å². The van der Waals surface area contributed by atoms with E-state index in [1.807, 2.05) is 24.0 Å². The van der Waals surface area contributed by atoms with E-state index < -0.39 is 0 Å². The van der Waals surface area contributed by atoms with E-state index in [9.17, 15) is 9.90 Å². The standard InChI is InChI=1S/C18H26N2O3/c1-11-3-4-14-15(18(11)22)9-16(23-17(14)10-19)13-5-7-20(8-6-13)12(2)21/h3-4,13,16-17,22H,5-10,19H2,1-2H3/t16-,17-/m0/s1. The lowest BCUT2D eigenvalue weighted by molar-refractivity contribution is -0.131. The number of rotatable bonds is 2. The highest BCUT2D eigenvalue weighted by Crippen LogP contribution is 2.40. The number of aryl methyl sites for hydroxylation is 1. The van der Waals surface area contributed by atoms with E-state index in [0.717, 1.165) is 49.0 Å². The number of benzene rings is 1. The van der Waals surface area contributed by atoms with E-state index in [1.54, 1.807) is 6.92 Å². The van der Waals surface area contributed by atoms with Crippen molar-refractivity contribution >= 4 is 5.91 Å². The number of phenolic OH excluding ortho intramolecular Hbond substituents is 1. The lowest BCUT2D eigenvalue weighted by Gasteiger charge is -2.40. The van der Waals surface area contributed by atoms with E-state index in [4.69, 9.17) is 10.5 Å². The minimum atomic E-state index is -0.152. The van der Waals surface area contributed by atoms with Gasteiger partial charge in [0.2, 0.25) is 5.91 Å². The maximum Gasteiger partial charge on any atom is 0.219 e. The van der Waals surface area contributed by atoms with Crippen molar-refractivity contribution in [1.82, 2.24) is 4.90 Å². The summed E-state index contributed by atoms with van der Waals surface area (Å²) in [5.41, 5.74) is 8.81. The maximum absolute atomic E-state index is 11.5. The molecule has 0 radical (unpaired) electrons. The Morgan fingerprint density at radius 2 is 2.09 bits per heavy atom. The first kappa shape index (κ1) is 16.3. The van der Waals surface area contributed by atoms with Crippen LogP contribution in [0.1, 0.15) is 42.6 Å². The average molecular weight is 318 g/mol. The highest BCUT2D eigenvalue weighted by Gasteiger charge is 2.35. The van der Waals surface area contributed by atoms with Gasteiger partial charge in [0, 0.05) is 38.5 Å².